The van der Waals surface area contributed by atoms with Gasteiger partial charge in [-0.1, -0.05) is 36.4 Å². The average Bonchev–Trinajstić information content (AvgIpc) is 2.89. The molecule has 1 aromatic heterocycles. The normalized spacial score (nSPS) is 18.9. The Kier molecular flexibility index (Phi) is 6.32. The molecule has 0 aliphatic carbocycles. The van der Waals surface area contributed by atoms with Gasteiger partial charge in [-0.15, -0.1) is 0 Å². The van der Waals surface area contributed by atoms with E-state index in [-0.39, 0.29) is 5.91 Å². The summed E-state index contributed by atoms with van der Waals surface area (Å²) in [5, 5.41) is 1.20. The minimum absolute atomic E-state index is 0.265. The number of hydrogen-bond donors (Lipinski definition) is 0. The van der Waals surface area contributed by atoms with E-state index in [4.69, 9.17) is 9.47 Å². The molecular formula is C28H32N2O3. The number of hydrogen-bond acceptors (Lipinski definition) is 4. The van der Waals surface area contributed by atoms with E-state index in [1.807, 2.05) is 24.4 Å². The van der Waals surface area contributed by atoms with Crippen LogP contribution < -0.4 is 4.74 Å². The molecule has 2 aliphatic heterocycles. The Morgan fingerprint density at radius 2 is 1.79 bits per heavy atom. The summed E-state index contributed by atoms with van der Waals surface area (Å²) < 4.78 is 11.0. The Bertz CT molecular complexity index is 1090. The third-order valence-electron chi connectivity index (χ3n) is 7.52. The van der Waals surface area contributed by atoms with E-state index in [0.29, 0.717) is 19.1 Å². The van der Waals surface area contributed by atoms with Gasteiger partial charge in [0, 0.05) is 37.9 Å². The average molecular weight is 445 g/mol. The van der Waals surface area contributed by atoms with Crippen molar-refractivity contribution in [2.75, 3.05) is 33.4 Å². The molecule has 2 aliphatic rings. The summed E-state index contributed by atoms with van der Waals surface area (Å²) in [6, 6.07) is 18.6. The van der Waals surface area contributed by atoms with Gasteiger partial charge in [0.25, 0.3) is 0 Å². The van der Waals surface area contributed by atoms with Gasteiger partial charge in [0.1, 0.15) is 5.75 Å². The van der Waals surface area contributed by atoms with E-state index in [1.54, 1.807) is 7.11 Å². The van der Waals surface area contributed by atoms with Crippen LogP contribution in [0.1, 0.15) is 36.8 Å². The zero-order chi connectivity index (χ0) is 22.7. The number of benzene rings is 2. The Morgan fingerprint density at radius 3 is 2.52 bits per heavy atom. The lowest BCUT2D eigenvalue weighted by Crippen LogP contribution is -2.52. The SMILES string of the molecule is COc1ccc(C2(C(=O)N3CCC(Cc4cccc5cccnc45)CC3)CCOCC2)cc1. The Labute approximate surface area is 195 Å². The second-order valence-electron chi connectivity index (χ2n) is 9.35. The van der Waals surface area contributed by atoms with Gasteiger partial charge in [-0.2, -0.15) is 0 Å². The molecule has 2 fully saturated rings. The molecule has 33 heavy (non-hydrogen) atoms. The summed E-state index contributed by atoms with van der Waals surface area (Å²) in [5.74, 6) is 1.66. The molecule has 2 saturated heterocycles. The fourth-order valence-electron chi connectivity index (χ4n) is 5.54. The molecule has 0 atom stereocenters. The van der Waals surface area contributed by atoms with Crippen molar-refractivity contribution in [2.45, 2.75) is 37.5 Å². The molecule has 5 rings (SSSR count). The van der Waals surface area contributed by atoms with Crippen LogP contribution in [-0.4, -0.2) is 49.2 Å². The van der Waals surface area contributed by atoms with Gasteiger partial charge < -0.3 is 14.4 Å². The van der Waals surface area contributed by atoms with Gasteiger partial charge >= 0.3 is 0 Å². The largest absolute Gasteiger partial charge is 0.497 e. The van der Waals surface area contributed by atoms with Crippen LogP contribution >= 0.6 is 0 Å². The van der Waals surface area contributed by atoms with Crippen molar-refractivity contribution in [1.29, 1.82) is 0 Å². The first kappa shape index (κ1) is 21.9. The van der Waals surface area contributed by atoms with Crippen LogP contribution in [0.5, 0.6) is 5.75 Å². The van der Waals surface area contributed by atoms with Crippen molar-refractivity contribution in [3.63, 3.8) is 0 Å². The number of amides is 1. The van der Waals surface area contributed by atoms with Gasteiger partial charge in [0.2, 0.25) is 5.91 Å². The molecule has 2 aromatic carbocycles. The fourth-order valence-corrected chi connectivity index (χ4v) is 5.54. The summed E-state index contributed by atoms with van der Waals surface area (Å²) in [5.41, 5.74) is 3.02. The molecule has 0 N–H and O–H groups in total. The fraction of sp³-hybridized carbons (Fsp3) is 0.429. The molecule has 0 saturated carbocycles. The number of piperidine rings is 1. The van der Waals surface area contributed by atoms with Crippen LogP contribution in [0.2, 0.25) is 0 Å². The van der Waals surface area contributed by atoms with E-state index >= 15 is 0 Å². The van der Waals surface area contributed by atoms with Gasteiger partial charge in [0.15, 0.2) is 0 Å². The van der Waals surface area contributed by atoms with Gasteiger partial charge in [-0.25, -0.2) is 0 Å². The Hall–Kier alpha value is -2.92. The minimum Gasteiger partial charge on any atom is -0.497 e. The summed E-state index contributed by atoms with van der Waals surface area (Å²) in [7, 11) is 1.67. The molecule has 0 spiro atoms. The van der Waals surface area contributed by atoms with Gasteiger partial charge in [-0.05, 0) is 67.3 Å². The molecule has 5 nitrogen and oxygen atoms in total. The zero-order valence-corrected chi connectivity index (χ0v) is 19.3. The molecule has 5 heteroatoms. The standard InChI is InChI=1S/C28H32N2O3/c1-32-25-9-7-24(8-10-25)28(13-18-33-19-14-28)27(31)30-16-11-21(12-17-30)20-23-5-2-4-22-6-3-15-29-26(22)23/h2-10,15,21H,11-14,16-20H2,1H3. The van der Waals surface area contributed by atoms with Crippen molar-refractivity contribution in [2.24, 2.45) is 5.92 Å². The first-order valence-corrected chi connectivity index (χ1v) is 12.0. The zero-order valence-electron chi connectivity index (χ0n) is 19.3. The second-order valence-corrected chi connectivity index (χ2v) is 9.35. The second kappa shape index (κ2) is 9.52. The number of pyridine rings is 1. The maximum absolute atomic E-state index is 13.9. The number of ether oxygens (including phenoxy) is 2. The molecule has 3 aromatic rings. The van der Waals surface area contributed by atoms with E-state index in [0.717, 1.165) is 62.0 Å². The lowest BCUT2D eigenvalue weighted by atomic mass is 9.72. The monoisotopic (exact) mass is 444 g/mol. The number of carbonyl (C=O) groups is 1. The lowest BCUT2D eigenvalue weighted by Gasteiger charge is -2.42. The smallest absolute Gasteiger partial charge is 0.233 e. The van der Waals surface area contributed by atoms with Crippen molar-refractivity contribution >= 4 is 16.8 Å². The third-order valence-corrected chi connectivity index (χ3v) is 7.52. The van der Waals surface area contributed by atoms with E-state index in [1.165, 1.54) is 10.9 Å². The highest BCUT2D eigenvalue weighted by Crippen LogP contribution is 2.38. The highest BCUT2D eigenvalue weighted by Gasteiger charge is 2.44. The third kappa shape index (κ3) is 4.34. The number of rotatable bonds is 5. The molecule has 0 unspecified atom stereocenters. The topological polar surface area (TPSA) is 51.7 Å². The van der Waals surface area contributed by atoms with Gasteiger partial charge in [-0.3, -0.25) is 9.78 Å². The number of nitrogens with zero attached hydrogens (tertiary/aromatic N) is 2. The van der Waals surface area contributed by atoms with Crippen LogP contribution in [0.3, 0.4) is 0 Å². The number of aromatic nitrogens is 1. The van der Waals surface area contributed by atoms with Crippen molar-refractivity contribution in [3.05, 3.63) is 71.9 Å². The maximum atomic E-state index is 13.9. The molecule has 172 valence electrons. The number of likely N-dealkylation sites (tertiary alicyclic amines) is 1. The summed E-state index contributed by atoms with van der Waals surface area (Å²) >= 11 is 0. The van der Waals surface area contributed by atoms with Crippen LogP contribution in [0.15, 0.2) is 60.8 Å². The van der Waals surface area contributed by atoms with Crippen LogP contribution in [0, 0.1) is 5.92 Å². The number of methoxy groups -OCH3 is 1. The van der Waals surface area contributed by atoms with E-state index in [2.05, 4.69) is 46.3 Å². The van der Waals surface area contributed by atoms with Crippen LogP contribution in [0.4, 0.5) is 0 Å². The van der Waals surface area contributed by atoms with Crippen LogP contribution in [-0.2, 0) is 21.4 Å². The molecule has 1 amide bonds. The summed E-state index contributed by atoms with van der Waals surface area (Å²) in [6.07, 6.45) is 6.43. The molecule has 0 bridgehead atoms. The maximum Gasteiger partial charge on any atom is 0.233 e. The summed E-state index contributed by atoms with van der Waals surface area (Å²) in [6.45, 7) is 2.89. The molecule has 0 radical (unpaired) electrons. The van der Waals surface area contributed by atoms with Crippen LogP contribution in [0.25, 0.3) is 10.9 Å². The number of fused-ring (bicyclic) bond motifs is 1. The predicted molar refractivity (Wildman–Crippen MR) is 129 cm³/mol. The molecule has 3 heterocycles. The van der Waals surface area contributed by atoms with Crippen molar-refractivity contribution in [1.82, 2.24) is 9.88 Å². The highest BCUT2D eigenvalue weighted by molar-refractivity contribution is 5.88. The number of para-hydroxylation sites is 1. The highest BCUT2D eigenvalue weighted by atomic mass is 16.5. The van der Waals surface area contributed by atoms with E-state index < -0.39 is 5.41 Å². The number of carbonyl (C=O) groups excluding carboxylic acids is 1. The Morgan fingerprint density at radius 1 is 1.06 bits per heavy atom. The van der Waals surface area contributed by atoms with Gasteiger partial charge in [0.05, 0.1) is 18.0 Å². The van der Waals surface area contributed by atoms with Crippen molar-refractivity contribution in [3.8, 4) is 5.75 Å². The summed E-state index contributed by atoms with van der Waals surface area (Å²) in [4.78, 5) is 20.6. The minimum atomic E-state index is -0.489. The van der Waals surface area contributed by atoms with E-state index in [9.17, 15) is 4.79 Å². The molecular weight excluding hydrogens is 412 g/mol. The predicted octanol–water partition coefficient (Wildman–Crippen LogP) is 4.77. The first-order valence-electron chi connectivity index (χ1n) is 12.0. The van der Waals surface area contributed by atoms with Crippen molar-refractivity contribution < 1.29 is 14.3 Å². The lowest BCUT2D eigenvalue weighted by molar-refractivity contribution is -0.142. The first-order chi connectivity index (χ1) is 16.2. The quantitative estimate of drug-likeness (QED) is 0.569. The Balaban J connectivity index is 1.29.